The molecule has 3 heteroatoms. The number of amides is 1. The Morgan fingerprint density at radius 2 is 1.64 bits per heavy atom. The van der Waals surface area contributed by atoms with E-state index in [1.54, 1.807) is 0 Å². The fourth-order valence-corrected chi connectivity index (χ4v) is 3.15. The number of hydrogen-bond acceptors (Lipinski definition) is 2. The van der Waals surface area contributed by atoms with Gasteiger partial charge in [-0.05, 0) is 44.4 Å². The Balaban J connectivity index is 2.51. The number of nitrogens with one attached hydrogen (secondary N) is 1. The maximum Gasteiger partial charge on any atom is 0.239 e. The third kappa shape index (κ3) is 7.13. The molecule has 0 saturated carbocycles. The molecule has 130 valence electrons. The molecule has 1 unspecified atom stereocenters. The van der Waals surface area contributed by atoms with E-state index in [1.807, 2.05) is 4.90 Å². The molecule has 22 heavy (non-hydrogen) atoms. The van der Waals surface area contributed by atoms with E-state index in [4.69, 9.17) is 0 Å². The van der Waals surface area contributed by atoms with Crippen LogP contribution >= 0.6 is 0 Å². The van der Waals surface area contributed by atoms with E-state index in [2.05, 4.69) is 60.7 Å². The Labute approximate surface area is 138 Å². The maximum atomic E-state index is 12.7. The number of hydrogen-bond donors (Lipinski definition) is 1. The van der Waals surface area contributed by atoms with Crippen molar-refractivity contribution in [2.75, 3.05) is 13.1 Å². The molecular weight excluding hydrogens is 272 g/mol. The van der Waals surface area contributed by atoms with Crippen molar-refractivity contribution >= 4 is 5.91 Å². The Kier molecular flexibility index (Phi) is 6.11. The van der Waals surface area contributed by atoms with Crippen molar-refractivity contribution in [3.63, 3.8) is 0 Å². The van der Waals surface area contributed by atoms with E-state index in [9.17, 15) is 4.79 Å². The molecule has 1 fully saturated rings. The Morgan fingerprint density at radius 3 is 2.05 bits per heavy atom. The number of nitrogens with zero attached hydrogens (tertiary/aromatic N) is 1. The summed E-state index contributed by atoms with van der Waals surface area (Å²) < 4.78 is 0. The lowest BCUT2D eigenvalue weighted by atomic mass is 9.83. The molecule has 0 aromatic heterocycles. The highest BCUT2D eigenvalue weighted by Crippen LogP contribution is 2.30. The highest BCUT2D eigenvalue weighted by atomic mass is 16.2. The first-order chi connectivity index (χ1) is 9.79. The number of rotatable bonds is 6. The Hall–Kier alpha value is -0.570. The van der Waals surface area contributed by atoms with Gasteiger partial charge in [-0.25, -0.2) is 0 Å². The summed E-state index contributed by atoms with van der Waals surface area (Å²) in [5.41, 5.74) is 0.664. The molecule has 1 N–H and O–H groups in total. The van der Waals surface area contributed by atoms with Gasteiger partial charge in [0.1, 0.15) is 0 Å². The molecule has 0 radical (unpaired) electrons. The minimum Gasteiger partial charge on any atom is -0.340 e. The van der Waals surface area contributed by atoms with Crippen molar-refractivity contribution in [3.05, 3.63) is 0 Å². The third-order valence-corrected chi connectivity index (χ3v) is 4.12. The van der Waals surface area contributed by atoms with Crippen LogP contribution in [0.4, 0.5) is 0 Å². The average Bonchev–Trinajstić information content (AvgIpc) is 2.26. The standard InChI is InChI=1S/C19H38N2O/c1-17(2,3)12-10-9-11-15(20-18(4,5)6)16(22)21-13-19(7,8)14-21/h15,20H,9-14H2,1-8H3. The zero-order chi connectivity index (χ0) is 17.2. The lowest BCUT2D eigenvalue weighted by molar-refractivity contribution is -0.144. The van der Waals surface area contributed by atoms with Gasteiger partial charge in [0.2, 0.25) is 5.91 Å². The number of unbranched alkanes of at least 4 members (excludes halogenated alkanes) is 1. The summed E-state index contributed by atoms with van der Waals surface area (Å²) in [6.07, 6.45) is 4.49. The van der Waals surface area contributed by atoms with Crippen LogP contribution in [0.15, 0.2) is 0 Å². The molecule has 1 aliphatic heterocycles. The predicted molar refractivity (Wildman–Crippen MR) is 95.0 cm³/mol. The van der Waals surface area contributed by atoms with Gasteiger partial charge in [0.05, 0.1) is 6.04 Å². The zero-order valence-electron chi connectivity index (χ0n) is 16.2. The summed E-state index contributed by atoms with van der Waals surface area (Å²) >= 11 is 0. The molecule has 3 nitrogen and oxygen atoms in total. The molecular formula is C19H38N2O. The molecule has 0 bridgehead atoms. The monoisotopic (exact) mass is 310 g/mol. The van der Waals surface area contributed by atoms with Crippen LogP contribution in [0.5, 0.6) is 0 Å². The highest BCUT2D eigenvalue weighted by Gasteiger charge is 2.40. The quantitative estimate of drug-likeness (QED) is 0.745. The fraction of sp³-hybridized carbons (Fsp3) is 0.947. The fourth-order valence-electron chi connectivity index (χ4n) is 3.15. The Bertz CT molecular complexity index is 366. The molecule has 0 aliphatic carbocycles. The molecule has 1 atom stereocenters. The van der Waals surface area contributed by atoms with Gasteiger partial charge in [0, 0.05) is 18.6 Å². The molecule has 1 saturated heterocycles. The van der Waals surface area contributed by atoms with Gasteiger partial charge >= 0.3 is 0 Å². The first-order valence-corrected chi connectivity index (χ1v) is 8.86. The molecule has 1 heterocycles. The van der Waals surface area contributed by atoms with Gasteiger partial charge in [0.25, 0.3) is 0 Å². The van der Waals surface area contributed by atoms with Gasteiger partial charge < -0.3 is 10.2 Å². The van der Waals surface area contributed by atoms with E-state index in [0.717, 1.165) is 25.9 Å². The second-order valence-corrected chi connectivity index (χ2v) is 10.1. The van der Waals surface area contributed by atoms with Crippen LogP contribution in [-0.2, 0) is 4.79 Å². The summed E-state index contributed by atoms with van der Waals surface area (Å²) in [6, 6.07) is -0.0314. The van der Waals surface area contributed by atoms with Crippen LogP contribution in [0.2, 0.25) is 0 Å². The van der Waals surface area contributed by atoms with Crippen LogP contribution in [0.25, 0.3) is 0 Å². The van der Waals surface area contributed by atoms with E-state index in [-0.39, 0.29) is 11.6 Å². The van der Waals surface area contributed by atoms with Crippen LogP contribution in [-0.4, -0.2) is 35.5 Å². The predicted octanol–water partition coefficient (Wildman–Crippen LogP) is 4.22. The van der Waals surface area contributed by atoms with Gasteiger partial charge in [-0.2, -0.15) is 0 Å². The molecule has 0 aromatic carbocycles. The average molecular weight is 311 g/mol. The van der Waals surface area contributed by atoms with Crippen LogP contribution in [0.3, 0.4) is 0 Å². The first kappa shape index (κ1) is 19.5. The van der Waals surface area contributed by atoms with Crippen LogP contribution in [0.1, 0.15) is 81.1 Å². The molecule has 0 spiro atoms. The SMILES string of the molecule is CC(C)(C)CCCCC(NC(C)(C)C)C(=O)N1CC(C)(C)C1. The van der Waals surface area contributed by atoms with Gasteiger partial charge in [-0.15, -0.1) is 0 Å². The van der Waals surface area contributed by atoms with Gasteiger partial charge in [-0.1, -0.05) is 47.5 Å². The minimum atomic E-state index is -0.0314. The topological polar surface area (TPSA) is 32.3 Å². The van der Waals surface area contributed by atoms with Crippen molar-refractivity contribution in [1.29, 1.82) is 0 Å². The minimum absolute atomic E-state index is 0.0231. The first-order valence-electron chi connectivity index (χ1n) is 8.86. The summed E-state index contributed by atoms with van der Waals surface area (Å²) in [5.74, 6) is 0.296. The van der Waals surface area contributed by atoms with E-state index < -0.39 is 0 Å². The number of likely N-dealkylation sites (tertiary alicyclic amines) is 1. The molecule has 1 amide bonds. The van der Waals surface area contributed by atoms with E-state index in [0.29, 0.717) is 16.7 Å². The number of carbonyl (C=O) groups excluding carboxylic acids is 1. The zero-order valence-corrected chi connectivity index (χ0v) is 16.2. The van der Waals surface area contributed by atoms with Crippen molar-refractivity contribution in [1.82, 2.24) is 10.2 Å². The van der Waals surface area contributed by atoms with Crippen LogP contribution < -0.4 is 5.32 Å². The van der Waals surface area contributed by atoms with E-state index in [1.165, 1.54) is 12.8 Å². The Morgan fingerprint density at radius 1 is 1.09 bits per heavy atom. The largest absolute Gasteiger partial charge is 0.340 e. The second-order valence-electron chi connectivity index (χ2n) is 10.1. The van der Waals surface area contributed by atoms with Crippen molar-refractivity contribution < 1.29 is 4.79 Å². The van der Waals surface area contributed by atoms with Crippen molar-refractivity contribution in [3.8, 4) is 0 Å². The molecule has 1 rings (SSSR count). The van der Waals surface area contributed by atoms with Crippen LogP contribution in [0, 0.1) is 10.8 Å². The van der Waals surface area contributed by atoms with Crippen molar-refractivity contribution in [2.45, 2.75) is 92.7 Å². The number of carbonyl (C=O) groups is 1. The molecule has 0 aromatic rings. The second kappa shape index (κ2) is 6.90. The third-order valence-electron chi connectivity index (χ3n) is 4.12. The lowest BCUT2D eigenvalue weighted by Gasteiger charge is -2.47. The van der Waals surface area contributed by atoms with E-state index >= 15 is 0 Å². The van der Waals surface area contributed by atoms with Gasteiger partial charge in [-0.3, -0.25) is 4.79 Å². The lowest BCUT2D eigenvalue weighted by Crippen LogP contribution is -2.61. The summed E-state index contributed by atoms with van der Waals surface area (Å²) in [4.78, 5) is 14.8. The molecule has 1 aliphatic rings. The van der Waals surface area contributed by atoms with Gasteiger partial charge in [0.15, 0.2) is 0 Å². The van der Waals surface area contributed by atoms with Crippen molar-refractivity contribution in [2.24, 2.45) is 10.8 Å². The smallest absolute Gasteiger partial charge is 0.239 e. The summed E-state index contributed by atoms with van der Waals surface area (Å²) in [5, 5.41) is 3.54. The summed E-state index contributed by atoms with van der Waals surface area (Å²) in [6.45, 7) is 19.5. The normalized spacial score (nSPS) is 19.7. The maximum absolute atomic E-state index is 12.7. The summed E-state index contributed by atoms with van der Waals surface area (Å²) in [7, 11) is 0. The highest BCUT2D eigenvalue weighted by molar-refractivity contribution is 5.82.